The summed E-state index contributed by atoms with van der Waals surface area (Å²) in [4.78, 5) is 0. The molecule has 0 heterocycles. The van der Waals surface area contributed by atoms with Crippen LogP contribution in [0.25, 0.3) is 0 Å². The molecule has 2 atom stereocenters. The van der Waals surface area contributed by atoms with E-state index in [9.17, 15) is 0 Å². The Labute approximate surface area is 405 Å². The Morgan fingerprint density at radius 2 is 0.742 bits per heavy atom. The van der Waals surface area contributed by atoms with Crippen LogP contribution in [-0.4, -0.2) is 29.8 Å². The van der Waals surface area contributed by atoms with E-state index in [1.165, 1.54) is 128 Å². The van der Waals surface area contributed by atoms with Gasteiger partial charge in [-0.2, -0.15) is 0 Å². The second-order valence-electron chi connectivity index (χ2n) is 20.4. The summed E-state index contributed by atoms with van der Waals surface area (Å²) in [6.07, 6.45) is 24.9. The average Bonchev–Trinajstić information content (AvgIpc) is 3.22. The van der Waals surface area contributed by atoms with Crippen molar-refractivity contribution >= 4 is 16.6 Å². The molecule has 0 fully saturated rings. The van der Waals surface area contributed by atoms with Crippen LogP contribution < -0.4 is 0 Å². The van der Waals surface area contributed by atoms with Gasteiger partial charge in [0.2, 0.25) is 0 Å². The van der Waals surface area contributed by atoms with Crippen LogP contribution in [0, 0.1) is 39.9 Å². The van der Waals surface area contributed by atoms with Crippen molar-refractivity contribution in [1.29, 1.82) is 0 Å². The molecule has 0 rings (SSSR count). The zero-order chi connectivity index (χ0) is 46.5. The van der Waals surface area contributed by atoms with Gasteiger partial charge in [-0.15, -0.1) is 0 Å². The smallest absolute Gasteiger partial charge is 0.173 e. The van der Waals surface area contributed by atoms with Crippen molar-refractivity contribution in [2.45, 2.75) is 328 Å². The molecular formula is C58H138O2Si2. The molecule has 0 aromatic carbocycles. The Bertz CT molecular complexity index is 746. The number of hydrogen-bond donors (Lipinski definition) is 0. The van der Waals surface area contributed by atoms with Gasteiger partial charge in [0, 0.05) is 6.61 Å². The van der Waals surface area contributed by atoms with Crippen molar-refractivity contribution < 1.29 is 8.85 Å². The zero-order valence-electron chi connectivity index (χ0n) is 45.9. The van der Waals surface area contributed by atoms with E-state index in [2.05, 4.69) is 165 Å². The van der Waals surface area contributed by atoms with Crippen LogP contribution in [0.2, 0.25) is 38.3 Å². The van der Waals surface area contributed by atoms with Gasteiger partial charge in [-0.3, -0.25) is 0 Å². The molecule has 0 saturated carbocycles. The third-order valence-electron chi connectivity index (χ3n) is 15.3. The summed E-state index contributed by atoms with van der Waals surface area (Å²) in [5, 5.41) is 0. The van der Waals surface area contributed by atoms with Crippen LogP contribution in [0.1, 0.15) is 290 Å². The van der Waals surface area contributed by atoms with E-state index in [0.717, 1.165) is 43.3 Å². The molecule has 0 bridgehead atoms. The Balaban J connectivity index is -0.0000000827. The van der Waals surface area contributed by atoms with Crippen molar-refractivity contribution in [2.75, 3.05) is 13.2 Å². The first-order valence-corrected chi connectivity index (χ1v) is 32.6. The minimum absolute atomic E-state index is 0. The molecule has 0 saturated heterocycles. The second-order valence-corrected chi connectivity index (χ2v) is 29.1. The van der Waals surface area contributed by atoms with Gasteiger partial charge in [-0.05, 0) is 110 Å². The Morgan fingerprint density at radius 1 is 0.419 bits per heavy atom. The second kappa shape index (κ2) is 49.3. The summed E-state index contributed by atoms with van der Waals surface area (Å²) in [7, 11) is -2.95. The summed E-state index contributed by atoms with van der Waals surface area (Å²) in [6, 6.07) is 2.69. The topological polar surface area (TPSA) is 18.5 Å². The lowest BCUT2D eigenvalue weighted by Crippen LogP contribution is -2.46. The highest BCUT2D eigenvalue weighted by molar-refractivity contribution is 6.84. The van der Waals surface area contributed by atoms with Crippen LogP contribution in [-0.2, 0) is 8.85 Å². The van der Waals surface area contributed by atoms with Gasteiger partial charge in [0.25, 0.3) is 0 Å². The summed E-state index contributed by atoms with van der Waals surface area (Å²) in [5.74, 6) is 3.63. The highest BCUT2D eigenvalue weighted by Gasteiger charge is 2.35. The lowest BCUT2D eigenvalue weighted by Gasteiger charge is -2.37. The van der Waals surface area contributed by atoms with Crippen LogP contribution in [0.15, 0.2) is 0 Å². The van der Waals surface area contributed by atoms with Crippen LogP contribution >= 0.6 is 0 Å². The van der Waals surface area contributed by atoms with Crippen molar-refractivity contribution in [3.8, 4) is 0 Å². The molecule has 0 radical (unpaired) electrons. The summed E-state index contributed by atoms with van der Waals surface area (Å²) in [6.45, 7) is 57.5. The summed E-state index contributed by atoms with van der Waals surface area (Å²) < 4.78 is 12.4. The lowest BCUT2D eigenvalue weighted by atomic mass is 9.78. The Morgan fingerprint density at radius 3 is 0.935 bits per heavy atom. The van der Waals surface area contributed by atoms with Crippen molar-refractivity contribution in [3.63, 3.8) is 0 Å². The first-order valence-electron chi connectivity index (χ1n) is 26.3. The van der Waals surface area contributed by atoms with E-state index in [0.29, 0.717) is 16.2 Å². The molecule has 0 aliphatic rings. The molecule has 390 valence electrons. The Kier molecular flexibility index (Phi) is 65.5. The van der Waals surface area contributed by atoms with Crippen molar-refractivity contribution in [2.24, 2.45) is 39.9 Å². The van der Waals surface area contributed by atoms with Gasteiger partial charge >= 0.3 is 0 Å². The maximum absolute atomic E-state index is 6.77. The highest BCUT2D eigenvalue weighted by atomic mass is 28.4. The normalized spacial score (nSPS) is 12.5. The molecule has 0 amide bonds. The molecule has 0 spiro atoms. The standard InChI is InChI=1S/C16H38OSi2.C11H24O.C10H22.C9H20.C8H18.4CH4/c1-9-15(10-2)13-18(5,6)17-19(7,8)14-16(11-3)12-4;1-5-9-12-10-11(6-2,7-3)8-4;1-5-7-10(4)8-9(3)6-2;1-5-9(6-2,7-3)8-4;1-5-8(4,6-2)7-3;;;;/h15-16H,9-14H2,1-8H3;5-10H2,1-4H3;9-10H,5-8H2,1-4H3;5-8H2,1-4H3;5-7H2,1-4H3;4*1H4. The number of ether oxygens (including phenoxy) is 1. The fourth-order valence-electron chi connectivity index (χ4n) is 8.58. The molecular weight excluding hydrogens is 785 g/mol. The van der Waals surface area contributed by atoms with E-state index in [4.69, 9.17) is 8.85 Å². The zero-order valence-corrected chi connectivity index (χ0v) is 47.9. The minimum atomic E-state index is -1.47. The van der Waals surface area contributed by atoms with Crippen molar-refractivity contribution in [1.82, 2.24) is 0 Å². The lowest BCUT2D eigenvalue weighted by molar-refractivity contribution is 0.0356. The molecule has 0 aromatic rings. The van der Waals surface area contributed by atoms with E-state index in [-0.39, 0.29) is 29.7 Å². The van der Waals surface area contributed by atoms with Gasteiger partial charge < -0.3 is 8.85 Å². The van der Waals surface area contributed by atoms with Crippen molar-refractivity contribution in [3.05, 3.63) is 0 Å². The largest absolute Gasteiger partial charge is 0.455 e. The molecule has 4 heteroatoms. The van der Waals surface area contributed by atoms with Crippen LogP contribution in [0.4, 0.5) is 0 Å². The van der Waals surface area contributed by atoms with E-state index in [1.807, 2.05) is 0 Å². The maximum Gasteiger partial charge on any atom is 0.173 e. The minimum Gasteiger partial charge on any atom is -0.455 e. The number of rotatable bonds is 29. The van der Waals surface area contributed by atoms with Gasteiger partial charge in [0.1, 0.15) is 0 Å². The first kappa shape index (κ1) is 82.5. The van der Waals surface area contributed by atoms with Gasteiger partial charge in [0.15, 0.2) is 16.6 Å². The maximum atomic E-state index is 6.77. The van der Waals surface area contributed by atoms with Gasteiger partial charge in [-0.25, -0.2) is 0 Å². The molecule has 0 aliphatic carbocycles. The third kappa shape index (κ3) is 44.2. The monoisotopic (exact) mass is 923 g/mol. The summed E-state index contributed by atoms with van der Waals surface area (Å²) >= 11 is 0. The van der Waals surface area contributed by atoms with E-state index >= 15 is 0 Å². The third-order valence-corrected chi connectivity index (χ3v) is 22.8. The van der Waals surface area contributed by atoms with Gasteiger partial charge in [0.05, 0.1) is 6.61 Å². The predicted molar refractivity (Wildman–Crippen MR) is 306 cm³/mol. The Hall–Kier alpha value is 0.354. The molecule has 62 heavy (non-hydrogen) atoms. The molecule has 2 nitrogen and oxygen atoms in total. The summed E-state index contributed by atoms with van der Waals surface area (Å²) in [5.41, 5.74) is 1.75. The number of hydrogen-bond acceptors (Lipinski definition) is 2. The molecule has 0 aliphatic heterocycles. The van der Waals surface area contributed by atoms with E-state index < -0.39 is 16.6 Å². The molecule has 0 N–H and O–H groups in total. The fourth-order valence-corrected chi connectivity index (χ4v) is 19.2. The SMILES string of the molecule is C.C.C.C.CCC(C)(CC)CC.CCC(CC)(CC)CC.CCC(CC)C[Si](C)(C)O[Si](C)(C)CC(CC)CC.CCCC(C)CC(C)CC.CCCOCC(CC)(CC)CC. The average molecular weight is 924 g/mol. The highest BCUT2D eigenvalue weighted by Crippen LogP contribution is 2.34. The van der Waals surface area contributed by atoms with Crippen LogP contribution in [0.3, 0.4) is 0 Å². The molecule has 0 aromatic heterocycles. The van der Waals surface area contributed by atoms with E-state index in [1.54, 1.807) is 0 Å². The predicted octanol–water partition coefficient (Wildman–Crippen LogP) is 23.2. The fraction of sp³-hybridized carbons (Fsp3) is 1.00. The first-order chi connectivity index (χ1) is 27.1. The van der Waals surface area contributed by atoms with Gasteiger partial charge in [-0.1, -0.05) is 258 Å². The quantitative estimate of drug-likeness (QED) is 0.0550. The van der Waals surface area contributed by atoms with Crippen LogP contribution in [0.5, 0.6) is 0 Å². The molecule has 2 unspecified atom stereocenters.